The highest BCUT2D eigenvalue weighted by atomic mass is 16.5. The molecule has 0 radical (unpaired) electrons. The summed E-state index contributed by atoms with van der Waals surface area (Å²) in [6.45, 7) is 1.78. The Morgan fingerprint density at radius 2 is 2.00 bits per heavy atom. The number of nitrogens with zero attached hydrogens (tertiary/aromatic N) is 1. The minimum atomic E-state index is -0.720. The number of aliphatic hydroxyl groups excluding tert-OH is 1. The van der Waals surface area contributed by atoms with Gasteiger partial charge in [0.05, 0.1) is 17.7 Å². The second kappa shape index (κ2) is 8.70. The zero-order chi connectivity index (χ0) is 17.4. The summed E-state index contributed by atoms with van der Waals surface area (Å²) in [6, 6.07) is 18.2. The standard InChI is InChI=1S/C19H20N2O3/c1-14(24-18-9-5-8-16(11-18)12-20)19(23)21-13-17(22)10-15-6-3-2-4-7-15/h2-9,11,14,17,22H,10,13H2,1H3,(H,21,23). The van der Waals surface area contributed by atoms with Gasteiger partial charge < -0.3 is 15.2 Å². The van der Waals surface area contributed by atoms with E-state index in [9.17, 15) is 9.90 Å². The fourth-order valence-electron chi connectivity index (χ4n) is 2.22. The number of nitrogens with one attached hydrogen (secondary N) is 1. The molecule has 2 rings (SSSR count). The Morgan fingerprint density at radius 3 is 2.71 bits per heavy atom. The van der Waals surface area contributed by atoms with Crippen molar-refractivity contribution in [3.8, 4) is 11.8 Å². The Hall–Kier alpha value is -2.84. The number of carbonyl (C=O) groups excluding carboxylic acids is 1. The van der Waals surface area contributed by atoms with E-state index in [4.69, 9.17) is 10.00 Å². The van der Waals surface area contributed by atoms with Crippen LogP contribution >= 0.6 is 0 Å². The molecular weight excluding hydrogens is 304 g/mol. The van der Waals surface area contributed by atoms with Crippen molar-refractivity contribution in [1.82, 2.24) is 5.32 Å². The third kappa shape index (κ3) is 5.41. The fraction of sp³-hybridized carbons (Fsp3) is 0.263. The normalized spacial score (nSPS) is 12.7. The smallest absolute Gasteiger partial charge is 0.260 e. The van der Waals surface area contributed by atoms with Crippen LogP contribution in [0.25, 0.3) is 0 Å². The summed E-state index contributed by atoms with van der Waals surface area (Å²) < 4.78 is 5.52. The number of aliphatic hydroxyl groups is 1. The van der Waals surface area contributed by atoms with Gasteiger partial charge in [0.2, 0.25) is 0 Å². The molecule has 2 atom stereocenters. The quantitative estimate of drug-likeness (QED) is 0.816. The van der Waals surface area contributed by atoms with Crippen molar-refractivity contribution in [2.75, 3.05) is 6.54 Å². The minimum absolute atomic E-state index is 0.152. The Balaban J connectivity index is 1.80. The lowest BCUT2D eigenvalue weighted by Gasteiger charge is -2.17. The van der Waals surface area contributed by atoms with E-state index < -0.39 is 12.2 Å². The predicted octanol–water partition coefficient (Wildman–Crippen LogP) is 2.05. The van der Waals surface area contributed by atoms with Crippen LogP contribution in [-0.2, 0) is 11.2 Å². The molecule has 0 saturated heterocycles. The van der Waals surface area contributed by atoms with Crippen LogP contribution in [0.2, 0.25) is 0 Å². The van der Waals surface area contributed by atoms with Crippen LogP contribution in [0, 0.1) is 11.3 Å². The Morgan fingerprint density at radius 1 is 1.25 bits per heavy atom. The van der Waals surface area contributed by atoms with E-state index in [0.29, 0.717) is 17.7 Å². The molecule has 5 nitrogen and oxygen atoms in total. The van der Waals surface area contributed by atoms with Gasteiger partial charge in [-0.3, -0.25) is 4.79 Å². The molecule has 2 aromatic carbocycles. The number of benzene rings is 2. The number of nitriles is 1. The number of carbonyl (C=O) groups is 1. The summed E-state index contributed by atoms with van der Waals surface area (Å²) in [7, 11) is 0. The number of amides is 1. The van der Waals surface area contributed by atoms with Gasteiger partial charge in [0, 0.05) is 13.0 Å². The van der Waals surface area contributed by atoms with Gasteiger partial charge in [-0.1, -0.05) is 36.4 Å². The second-order valence-electron chi connectivity index (χ2n) is 5.49. The zero-order valence-electron chi connectivity index (χ0n) is 13.5. The van der Waals surface area contributed by atoms with Crippen LogP contribution in [0.1, 0.15) is 18.1 Å². The lowest BCUT2D eigenvalue weighted by atomic mass is 10.1. The lowest BCUT2D eigenvalue weighted by molar-refractivity contribution is -0.127. The average Bonchev–Trinajstić information content (AvgIpc) is 2.60. The first-order valence-corrected chi connectivity index (χ1v) is 7.75. The zero-order valence-corrected chi connectivity index (χ0v) is 13.5. The van der Waals surface area contributed by atoms with Gasteiger partial charge >= 0.3 is 0 Å². The third-order valence-corrected chi connectivity index (χ3v) is 3.47. The minimum Gasteiger partial charge on any atom is -0.481 e. The van der Waals surface area contributed by atoms with Crippen LogP contribution in [0.3, 0.4) is 0 Å². The summed E-state index contributed by atoms with van der Waals surface area (Å²) in [5.74, 6) is 0.144. The number of rotatable bonds is 7. The molecule has 0 spiro atoms. The molecule has 0 heterocycles. The summed E-state index contributed by atoms with van der Waals surface area (Å²) in [4.78, 5) is 12.0. The number of hydrogen-bond acceptors (Lipinski definition) is 4. The van der Waals surface area contributed by atoms with Gasteiger partial charge in [-0.25, -0.2) is 0 Å². The maximum absolute atomic E-state index is 12.0. The molecule has 0 aliphatic carbocycles. The molecule has 2 unspecified atom stereocenters. The van der Waals surface area contributed by atoms with Crippen molar-refractivity contribution in [2.24, 2.45) is 0 Å². The Kier molecular flexibility index (Phi) is 6.35. The largest absolute Gasteiger partial charge is 0.481 e. The predicted molar refractivity (Wildman–Crippen MR) is 90.4 cm³/mol. The monoisotopic (exact) mass is 324 g/mol. The van der Waals surface area contributed by atoms with Gasteiger partial charge in [0.1, 0.15) is 5.75 Å². The van der Waals surface area contributed by atoms with Gasteiger partial charge in [0.15, 0.2) is 6.10 Å². The van der Waals surface area contributed by atoms with Crippen molar-refractivity contribution >= 4 is 5.91 Å². The van der Waals surface area contributed by atoms with Crippen LogP contribution in [0.4, 0.5) is 0 Å². The van der Waals surface area contributed by atoms with E-state index in [-0.39, 0.29) is 12.5 Å². The van der Waals surface area contributed by atoms with E-state index in [2.05, 4.69) is 5.32 Å². The molecule has 2 N–H and O–H groups in total. The maximum Gasteiger partial charge on any atom is 0.260 e. The van der Waals surface area contributed by atoms with E-state index >= 15 is 0 Å². The highest BCUT2D eigenvalue weighted by Crippen LogP contribution is 2.14. The first-order chi connectivity index (χ1) is 11.6. The first kappa shape index (κ1) is 17.5. The van der Waals surface area contributed by atoms with E-state index in [1.54, 1.807) is 31.2 Å². The molecular formula is C19H20N2O3. The highest BCUT2D eigenvalue weighted by Gasteiger charge is 2.16. The first-order valence-electron chi connectivity index (χ1n) is 7.75. The second-order valence-corrected chi connectivity index (χ2v) is 5.49. The molecule has 124 valence electrons. The summed E-state index contributed by atoms with van der Waals surface area (Å²) in [5, 5.41) is 21.5. The van der Waals surface area contributed by atoms with Gasteiger partial charge in [0.25, 0.3) is 5.91 Å². The van der Waals surface area contributed by atoms with Crippen LogP contribution < -0.4 is 10.1 Å². The number of hydrogen-bond donors (Lipinski definition) is 2. The Labute approximate surface area is 141 Å². The summed E-state index contributed by atoms with van der Waals surface area (Å²) in [6.07, 6.45) is -0.908. The molecule has 0 aliphatic rings. The van der Waals surface area contributed by atoms with E-state index in [1.807, 2.05) is 36.4 Å². The topological polar surface area (TPSA) is 82.3 Å². The van der Waals surface area contributed by atoms with Crippen molar-refractivity contribution < 1.29 is 14.6 Å². The van der Waals surface area contributed by atoms with Crippen molar-refractivity contribution in [2.45, 2.75) is 25.6 Å². The summed E-state index contributed by atoms with van der Waals surface area (Å²) >= 11 is 0. The molecule has 0 saturated carbocycles. The van der Waals surface area contributed by atoms with Crippen molar-refractivity contribution in [3.05, 3.63) is 65.7 Å². The molecule has 0 aromatic heterocycles. The van der Waals surface area contributed by atoms with Crippen molar-refractivity contribution in [3.63, 3.8) is 0 Å². The van der Waals surface area contributed by atoms with Crippen molar-refractivity contribution in [1.29, 1.82) is 5.26 Å². The van der Waals surface area contributed by atoms with Crippen LogP contribution in [-0.4, -0.2) is 29.8 Å². The van der Waals surface area contributed by atoms with Gasteiger partial charge in [-0.05, 0) is 30.7 Å². The highest BCUT2D eigenvalue weighted by molar-refractivity contribution is 5.80. The van der Waals surface area contributed by atoms with Crippen LogP contribution in [0.5, 0.6) is 5.75 Å². The van der Waals surface area contributed by atoms with E-state index in [1.165, 1.54) is 0 Å². The molecule has 0 fully saturated rings. The molecule has 24 heavy (non-hydrogen) atoms. The lowest BCUT2D eigenvalue weighted by Crippen LogP contribution is -2.40. The molecule has 5 heteroatoms. The molecule has 0 bridgehead atoms. The van der Waals surface area contributed by atoms with E-state index in [0.717, 1.165) is 5.56 Å². The Bertz CT molecular complexity index is 710. The number of ether oxygens (including phenoxy) is 1. The van der Waals surface area contributed by atoms with Gasteiger partial charge in [-0.2, -0.15) is 5.26 Å². The maximum atomic E-state index is 12.0. The molecule has 1 amide bonds. The van der Waals surface area contributed by atoms with Crippen LogP contribution in [0.15, 0.2) is 54.6 Å². The SMILES string of the molecule is CC(Oc1cccc(C#N)c1)C(=O)NCC(O)Cc1ccccc1. The molecule has 0 aliphatic heterocycles. The summed E-state index contributed by atoms with van der Waals surface area (Å²) in [5.41, 5.74) is 1.48. The molecule has 2 aromatic rings. The fourth-order valence-corrected chi connectivity index (χ4v) is 2.22. The third-order valence-electron chi connectivity index (χ3n) is 3.47. The van der Waals surface area contributed by atoms with Gasteiger partial charge in [-0.15, -0.1) is 0 Å². The average molecular weight is 324 g/mol.